The Hall–Kier alpha value is -0.730. The summed E-state index contributed by atoms with van der Waals surface area (Å²) in [5.41, 5.74) is 0.905. The number of nitrogens with zero attached hydrogens (tertiary/aromatic N) is 1. The predicted molar refractivity (Wildman–Crippen MR) is 79.8 cm³/mol. The number of amides is 1. The zero-order chi connectivity index (χ0) is 13.8. The van der Waals surface area contributed by atoms with Crippen LogP contribution < -0.4 is 0 Å². The van der Waals surface area contributed by atoms with Crippen LogP contribution in [0, 0.1) is 5.92 Å². The van der Waals surface area contributed by atoms with E-state index in [0.29, 0.717) is 17.4 Å². The van der Waals surface area contributed by atoms with E-state index in [-0.39, 0.29) is 11.3 Å². The molecule has 1 aliphatic rings. The molecule has 0 spiro atoms. The van der Waals surface area contributed by atoms with Crippen molar-refractivity contribution in [1.29, 1.82) is 0 Å². The summed E-state index contributed by atoms with van der Waals surface area (Å²) in [6.07, 6.45) is 2.39. The zero-order valence-corrected chi connectivity index (χ0v) is 12.6. The summed E-state index contributed by atoms with van der Waals surface area (Å²) >= 11 is 12.2. The van der Waals surface area contributed by atoms with Crippen molar-refractivity contribution in [3.05, 3.63) is 34.9 Å². The molecule has 1 heterocycles. The molecule has 0 bridgehead atoms. The van der Waals surface area contributed by atoms with Crippen LogP contribution in [0.4, 0.5) is 0 Å². The summed E-state index contributed by atoms with van der Waals surface area (Å²) in [5, 5.41) is 0.862. The number of benzene rings is 1. The number of halogens is 2. The van der Waals surface area contributed by atoms with Crippen LogP contribution in [0.2, 0.25) is 5.02 Å². The van der Waals surface area contributed by atoms with E-state index in [0.717, 1.165) is 31.5 Å². The Morgan fingerprint density at radius 1 is 1.37 bits per heavy atom. The second-order valence-corrected chi connectivity index (χ2v) is 6.26. The monoisotopic (exact) mass is 299 g/mol. The topological polar surface area (TPSA) is 20.3 Å². The Bertz CT molecular complexity index is 440. The molecule has 19 heavy (non-hydrogen) atoms. The van der Waals surface area contributed by atoms with Crippen LogP contribution in [-0.4, -0.2) is 29.3 Å². The minimum absolute atomic E-state index is 0.161. The van der Waals surface area contributed by atoms with Gasteiger partial charge in [0, 0.05) is 23.5 Å². The molecule has 0 radical (unpaired) electrons. The van der Waals surface area contributed by atoms with Crippen molar-refractivity contribution in [3.8, 4) is 0 Å². The van der Waals surface area contributed by atoms with Gasteiger partial charge in [-0.2, -0.15) is 0 Å². The van der Waals surface area contributed by atoms with Crippen molar-refractivity contribution < 1.29 is 4.79 Å². The molecule has 0 aromatic heterocycles. The molecule has 1 unspecified atom stereocenters. The van der Waals surface area contributed by atoms with Crippen molar-refractivity contribution in [1.82, 2.24) is 4.90 Å². The second-order valence-electron chi connectivity index (χ2n) is 5.16. The summed E-state index contributed by atoms with van der Waals surface area (Å²) < 4.78 is 0. The maximum Gasteiger partial charge on any atom is 0.227 e. The molecule has 2 rings (SSSR count). The summed E-state index contributed by atoms with van der Waals surface area (Å²) in [6.45, 7) is 3.66. The fourth-order valence-corrected chi connectivity index (χ4v) is 2.98. The lowest BCUT2D eigenvalue weighted by Crippen LogP contribution is -2.40. The van der Waals surface area contributed by atoms with Crippen LogP contribution in [-0.2, 0) is 11.2 Å². The Morgan fingerprint density at radius 3 is 2.58 bits per heavy atom. The highest BCUT2D eigenvalue weighted by atomic mass is 35.5. The third-order valence-electron chi connectivity index (χ3n) is 3.84. The third-order valence-corrected chi connectivity index (χ3v) is 4.57. The van der Waals surface area contributed by atoms with Crippen LogP contribution >= 0.6 is 23.2 Å². The molecule has 1 atom stereocenters. The summed E-state index contributed by atoms with van der Waals surface area (Å²) in [5.74, 6) is 0.694. The zero-order valence-electron chi connectivity index (χ0n) is 11.1. The highest BCUT2D eigenvalue weighted by molar-refractivity contribution is 6.31. The number of carbonyl (C=O) groups is 1. The summed E-state index contributed by atoms with van der Waals surface area (Å²) in [6, 6.07) is 7.53. The standard InChI is InChI=1S/C15H19Cl2NO/c1-11(16)12-6-8-18(9-7-12)15(19)10-13-4-2-3-5-14(13)17/h2-5,11-12H,6-10H2,1H3. The van der Waals surface area contributed by atoms with Crippen molar-refractivity contribution in [2.45, 2.75) is 31.6 Å². The lowest BCUT2D eigenvalue weighted by Gasteiger charge is -2.33. The van der Waals surface area contributed by atoms with Crippen molar-refractivity contribution in [2.24, 2.45) is 5.92 Å². The Labute approximate surface area is 124 Å². The van der Waals surface area contributed by atoms with Gasteiger partial charge >= 0.3 is 0 Å². The number of rotatable bonds is 3. The predicted octanol–water partition coefficient (Wildman–Crippen LogP) is 3.75. The highest BCUT2D eigenvalue weighted by Crippen LogP contribution is 2.24. The van der Waals surface area contributed by atoms with Gasteiger partial charge in [-0.25, -0.2) is 0 Å². The minimum atomic E-state index is 0.161. The molecule has 0 aliphatic carbocycles. The maximum absolute atomic E-state index is 12.2. The van der Waals surface area contributed by atoms with Gasteiger partial charge in [0.05, 0.1) is 6.42 Å². The molecule has 0 saturated carbocycles. The number of hydrogen-bond donors (Lipinski definition) is 0. The third kappa shape index (κ3) is 3.87. The van der Waals surface area contributed by atoms with E-state index < -0.39 is 0 Å². The van der Waals surface area contributed by atoms with Crippen molar-refractivity contribution in [2.75, 3.05) is 13.1 Å². The molecular weight excluding hydrogens is 281 g/mol. The van der Waals surface area contributed by atoms with Crippen LogP contribution in [0.1, 0.15) is 25.3 Å². The van der Waals surface area contributed by atoms with Gasteiger partial charge in [0.1, 0.15) is 0 Å². The summed E-state index contributed by atoms with van der Waals surface area (Å²) in [7, 11) is 0. The van der Waals surface area contributed by atoms with Crippen LogP contribution in [0.3, 0.4) is 0 Å². The lowest BCUT2D eigenvalue weighted by molar-refractivity contribution is -0.131. The number of alkyl halides is 1. The second kappa shape index (κ2) is 6.62. The first-order valence-corrected chi connectivity index (χ1v) is 7.54. The minimum Gasteiger partial charge on any atom is -0.342 e. The molecule has 4 heteroatoms. The molecule has 1 aromatic carbocycles. The number of likely N-dealkylation sites (tertiary alicyclic amines) is 1. The van der Waals surface area contributed by atoms with Crippen molar-refractivity contribution >= 4 is 29.1 Å². The van der Waals surface area contributed by atoms with Crippen LogP contribution in [0.25, 0.3) is 0 Å². The maximum atomic E-state index is 12.2. The van der Waals surface area contributed by atoms with Crippen LogP contribution in [0.15, 0.2) is 24.3 Å². The Morgan fingerprint density at radius 2 is 2.00 bits per heavy atom. The molecule has 0 N–H and O–H groups in total. The van der Waals surface area contributed by atoms with E-state index in [9.17, 15) is 4.79 Å². The lowest BCUT2D eigenvalue weighted by atomic mass is 9.93. The van der Waals surface area contributed by atoms with Crippen LogP contribution in [0.5, 0.6) is 0 Å². The van der Waals surface area contributed by atoms with E-state index in [1.165, 1.54) is 0 Å². The first-order valence-electron chi connectivity index (χ1n) is 6.73. The van der Waals surface area contributed by atoms with Gasteiger partial charge in [-0.1, -0.05) is 29.8 Å². The normalized spacial score (nSPS) is 18.4. The molecule has 2 nitrogen and oxygen atoms in total. The number of hydrogen-bond acceptors (Lipinski definition) is 1. The van der Waals surface area contributed by atoms with E-state index in [2.05, 4.69) is 0 Å². The average Bonchev–Trinajstić information content (AvgIpc) is 2.41. The Balaban J connectivity index is 1.90. The molecule has 1 aromatic rings. The van der Waals surface area contributed by atoms with E-state index in [4.69, 9.17) is 23.2 Å². The first-order chi connectivity index (χ1) is 9.08. The van der Waals surface area contributed by atoms with Gasteiger partial charge in [0.2, 0.25) is 5.91 Å². The van der Waals surface area contributed by atoms with Crippen molar-refractivity contribution in [3.63, 3.8) is 0 Å². The largest absolute Gasteiger partial charge is 0.342 e. The van der Waals surface area contributed by atoms with Gasteiger partial charge in [-0.15, -0.1) is 11.6 Å². The SMILES string of the molecule is CC(Cl)C1CCN(C(=O)Cc2ccccc2Cl)CC1. The first kappa shape index (κ1) is 14.7. The highest BCUT2D eigenvalue weighted by Gasteiger charge is 2.25. The quantitative estimate of drug-likeness (QED) is 0.779. The van der Waals surface area contributed by atoms with Gasteiger partial charge in [0.15, 0.2) is 0 Å². The van der Waals surface area contributed by atoms with Gasteiger partial charge < -0.3 is 4.90 Å². The van der Waals surface area contributed by atoms with Gasteiger partial charge in [-0.3, -0.25) is 4.79 Å². The van der Waals surface area contributed by atoms with E-state index in [1.54, 1.807) is 0 Å². The molecule has 1 amide bonds. The average molecular weight is 300 g/mol. The van der Waals surface area contributed by atoms with Gasteiger partial charge in [0.25, 0.3) is 0 Å². The number of carbonyl (C=O) groups excluding carboxylic acids is 1. The van der Waals surface area contributed by atoms with E-state index in [1.807, 2.05) is 36.1 Å². The fourth-order valence-electron chi connectivity index (χ4n) is 2.52. The summed E-state index contributed by atoms with van der Waals surface area (Å²) in [4.78, 5) is 14.2. The molecule has 1 aliphatic heterocycles. The molecular formula is C15H19Cl2NO. The molecule has 1 fully saturated rings. The van der Waals surface area contributed by atoms with Gasteiger partial charge in [-0.05, 0) is 37.3 Å². The fraction of sp³-hybridized carbons (Fsp3) is 0.533. The number of piperidine rings is 1. The van der Waals surface area contributed by atoms with E-state index >= 15 is 0 Å². The molecule has 104 valence electrons. The smallest absolute Gasteiger partial charge is 0.227 e. The molecule has 1 saturated heterocycles. The Kier molecular flexibility index (Phi) is 5.12.